The number of hydrogen-bond acceptors (Lipinski definition) is 0. The molecule has 0 N–H and O–H groups in total. The van der Waals surface area contributed by atoms with E-state index in [2.05, 4.69) is 106 Å². The number of benzene rings is 3. The second-order valence-corrected chi connectivity index (χ2v) is 13.7. The molecule has 2 aliphatic carbocycles. The minimum Gasteiger partial charge on any atom is -0.147 e. The molecule has 1 atom stereocenters. The van der Waals surface area contributed by atoms with Gasteiger partial charge in [0.05, 0.1) is 8.07 Å². The number of hydrogen-bond donors (Lipinski definition) is 0. The van der Waals surface area contributed by atoms with Gasteiger partial charge in [-0.25, -0.2) is 0 Å². The van der Waals surface area contributed by atoms with Crippen molar-refractivity contribution in [3.05, 3.63) is 84.4 Å². The Morgan fingerprint density at radius 2 is 1.50 bits per heavy atom. The van der Waals surface area contributed by atoms with Crippen molar-refractivity contribution in [1.82, 2.24) is 0 Å². The third kappa shape index (κ3) is 4.01. The zero-order valence-electron chi connectivity index (χ0n) is 20.5. The fourth-order valence-electron chi connectivity index (χ4n) is 5.45. The first-order valence-electron chi connectivity index (χ1n) is 11.3. The molecule has 0 fully saturated rings. The molecule has 152 valence electrons. The van der Waals surface area contributed by atoms with Crippen molar-refractivity contribution in [2.45, 2.75) is 45.7 Å². The van der Waals surface area contributed by atoms with E-state index in [0.717, 1.165) is 0 Å². The minimum absolute atomic E-state index is 0. The Labute approximate surface area is 217 Å². The van der Waals surface area contributed by atoms with Gasteiger partial charge in [0.15, 0.2) is 0 Å². The van der Waals surface area contributed by atoms with Crippen molar-refractivity contribution < 1.29 is 37.7 Å². The van der Waals surface area contributed by atoms with Crippen LogP contribution in [0.2, 0.25) is 13.1 Å². The zero-order valence-corrected chi connectivity index (χ0v) is 21.5. The molecule has 0 saturated heterocycles. The van der Waals surface area contributed by atoms with Crippen molar-refractivity contribution >= 4 is 40.0 Å². The monoisotopic (exact) mass is 420 g/mol. The van der Waals surface area contributed by atoms with Crippen LogP contribution in [0.5, 0.6) is 0 Å². The van der Waals surface area contributed by atoms with Gasteiger partial charge in [0.2, 0.25) is 0 Å². The Kier molecular flexibility index (Phi) is 7.72. The van der Waals surface area contributed by atoms with E-state index in [0.29, 0.717) is 5.92 Å². The molecule has 0 amide bonds. The van der Waals surface area contributed by atoms with Gasteiger partial charge in [0, 0.05) is 0 Å². The summed E-state index contributed by atoms with van der Waals surface area (Å²) in [4.78, 5) is 0. The minimum atomic E-state index is -1.87. The smallest absolute Gasteiger partial charge is 0.147 e. The van der Waals surface area contributed by atoms with Gasteiger partial charge >= 0.3 is 37.7 Å². The molecule has 0 aliphatic heterocycles. The van der Waals surface area contributed by atoms with Crippen molar-refractivity contribution in [3.63, 3.8) is 0 Å². The van der Waals surface area contributed by atoms with E-state index in [9.17, 15) is 0 Å². The second kappa shape index (κ2) is 9.81. The van der Waals surface area contributed by atoms with Crippen molar-refractivity contribution in [2.75, 3.05) is 0 Å². The van der Waals surface area contributed by atoms with Crippen molar-refractivity contribution in [1.29, 1.82) is 0 Å². The molecule has 0 spiro atoms. The molecule has 3 aromatic carbocycles. The maximum atomic E-state index is 2.57. The van der Waals surface area contributed by atoms with Crippen molar-refractivity contribution in [3.8, 4) is 11.1 Å². The summed E-state index contributed by atoms with van der Waals surface area (Å²) in [6, 6.07) is 29.9. The fraction of sp³-hybridized carbons (Fsp3) is 0.241. The van der Waals surface area contributed by atoms with Crippen LogP contribution in [0.4, 0.5) is 0 Å². The second-order valence-electron chi connectivity index (χ2n) is 9.37. The summed E-state index contributed by atoms with van der Waals surface area (Å²) in [5.74, 6) is 0.610. The molecule has 0 bridgehead atoms. The van der Waals surface area contributed by atoms with Gasteiger partial charge in [-0.05, 0) is 12.3 Å². The van der Waals surface area contributed by atoms with E-state index in [4.69, 9.17) is 0 Å². The SMILES string of the molecule is CCCC(C)c1cc([Si](C)(C)c2ccc3c4cccc[c-]4ccc2-3)c2cccc[c-]12.[Li+].[Li+]. The predicted molar refractivity (Wildman–Crippen MR) is 136 cm³/mol. The summed E-state index contributed by atoms with van der Waals surface area (Å²) in [5.41, 5.74) is 4.39. The molecule has 0 saturated carbocycles. The van der Waals surface area contributed by atoms with Crippen LogP contribution in [0.25, 0.3) is 32.7 Å². The first-order valence-corrected chi connectivity index (χ1v) is 14.3. The van der Waals surface area contributed by atoms with Crippen LogP contribution in [0.15, 0.2) is 78.9 Å². The maximum Gasteiger partial charge on any atom is 1.00 e. The average molecular weight is 421 g/mol. The van der Waals surface area contributed by atoms with E-state index in [1.165, 1.54) is 45.5 Å². The van der Waals surface area contributed by atoms with Crippen LogP contribution in [0.1, 0.15) is 38.2 Å². The molecule has 3 aromatic rings. The van der Waals surface area contributed by atoms with E-state index in [1.54, 1.807) is 15.9 Å². The van der Waals surface area contributed by atoms with Gasteiger partial charge in [0.1, 0.15) is 0 Å². The zero-order chi connectivity index (χ0) is 20.9. The first kappa shape index (κ1) is 25.2. The Balaban J connectivity index is 0.00000144. The molecule has 1 unspecified atom stereocenters. The molecule has 0 radical (unpaired) electrons. The number of rotatable bonds is 5. The van der Waals surface area contributed by atoms with Crippen molar-refractivity contribution in [2.24, 2.45) is 0 Å². The van der Waals surface area contributed by atoms with Gasteiger partial charge < -0.3 is 0 Å². The van der Waals surface area contributed by atoms with Crippen LogP contribution in [-0.2, 0) is 0 Å². The standard InChI is InChI=1S/C29H30Si.2Li/c1-5-10-20(2)27-19-29(25-14-9-8-13-23(25)27)30(3,4)28-18-17-24-22-12-7-6-11-21(22)15-16-26(24)28;;/h6-9,11-20H,5,10H2,1-4H3;;/q-2;2*+1. The normalized spacial score (nSPS) is 12.6. The average Bonchev–Trinajstić information content (AvgIpc) is 3.37. The Bertz CT molecular complexity index is 1310. The first-order chi connectivity index (χ1) is 14.5. The summed E-state index contributed by atoms with van der Waals surface area (Å²) in [6.07, 6.45) is 2.48. The van der Waals surface area contributed by atoms with Gasteiger partial charge in [-0.1, -0.05) is 72.6 Å². The molecular weight excluding hydrogens is 390 g/mol. The van der Waals surface area contributed by atoms with E-state index < -0.39 is 8.07 Å². The third-order valence-electron chi connectivity index (χ3n) is 7.10. The van der Waals surface area contributed by atoms with Gasteiger partial charge in [-0.3, -0.25) is 0 Å². The summed E-state index contributed by atoms with van der Waals surface area (Å²) >= 11 is 0. The Morgan fingerprint density at radius 1 is 0.781 bits per heavy atom. The molecule has 2 aliphatic rings. The van der Waals surface area contributed by atoms with E-state index in [1.807, 2.05) is 0 Å². The van der Waals surface area contributed by atoms with Crippen LogP contribution in [0.3, 0.4) is 0 Å². The van der Waals surface area contributed by atoms with Gasteiger partial charge in [-0.2, -0.15) is 0 Å². The summed E-state index contributed by atoms with van der Waals surface area (Å²) in [6.45, 7) is 9.76. The number of fused-ring (bicyclic) bond motifs is 4. The molecule has 32 heavy (non-hydrogen) atoms. The molecule has 0 aromatic heterocycles. The summed E-state index contributed by atoms with van der Waals surface area (Å²) in [5, 5.41) is 8.80. The Hall–Kier alpha value is -1.45. The summed E-state index contributed by atoms with van der Waals surface area (Å²) in [7, 11) is -1.87. The maximum absolute atomic E-state index is 2.57. The summed E-state index contributed by atoms with van der Waals surface area (Å²) < 4.78 is 0. The van der Waals surface area contributed by atoms with E-state index >= 15 is 0 Å². The fourth-order valence-corrected chi connectivity index (χ4v) is 8.54. The predicted octanol–water partition coefficient (Wildman–Crippen LogP) is 1.27. The molecule has 3 heteroatoms. The van der Waals surface area contributed by atoms with Crippen LogP contribution in [-0.4, -0.2) is 8.07 Å². The van der Waals surface area contributed by atoms with Crippen LogP contribution >= 0.6 is 0 Å². The van der Waals surface area contributed by atoms with E-state index in [-0.39, 0.29) is 37.7 Å². The molecule has 5 rings (SSSR count). The van der Waals surface area contributed by atoms with Crippen LogP contribution in [0, 0.1) is 0 Å². The van der Waals surface area contributed by atoms with Gasteiger partial charge in [-0.15, -0.1) is 88.3 Å². The molecule has 0 heterocycles. The molecule has 0 nitrogen and oxygen atoms in total. The third-order valence-corrected chi connectivity index (χ3v) is 10.6. The Morgan fingerprint density at radius 3 is 2.25 bits per heavy atom. The molecular formula is C29H30Li2Si. The van der Waals surface area contributed by atoms with Crippen LogP contribution < -0.4 is 48.1 Å². The van der Waals surface area contributed by atoms with Gasteiger partial charge in [0.25, 0.3) is 0 Å². The largest absolute Gasteiger partial charge is 1.00 e. The topological polar surface area (TPSA) is 0 Å². The quantitative estimate of drug-likeness (QED) is 0.297.